The normalized spacial score (nSPS) is 14.6. The van der Waals surface area contributed by atoms with E-state index >= 15 is 0 Å². The first-order valence-electron chi connectivity index (χ1n) is 10.5. The Bertz CT molecular complexity index is 992. The van der Waals surface area contributed by atoms with E-state index in [9.17, 15) is 22.8 Å². The quantitative estimate of drug-likeness (QED) is 0.605. The van der Waals surface area contributed by atoms with Gasteiger partial charge in [0.05, 0.1) is 5.69 Å². The van der Waals surface area contributed by atoms with E-state index in [4.69, 9.17) is 0 Å². The third-order valence-electron chi connectivity index (χ3n) is 5.12. The number of pyridine rings is 2. The molecule has 0 aromatic carbocycles. The molecule has 2 aromatic rings. The van der Waals surface area contributed by atoms with Crippen LogP contribution in [-0.2, 0) is 12.7 Å². The Kier molecular flexibility index (Phi) is 7.69. The molecule has 0 spiro atoms. The van der Waals surface area contributed by atoms with Crippen LogP contribution < -0.4 is 20.9 Å². The molecule has 3 amide bonds. The van der Waals surface area contributed by atoms with Crippen molar-refractivity contribution >= 4 is 23.4 Å². The van der Waals surface area contributed by atoms with Crippen LogP contribution in [0, 0.1) is 0 Å². The van der Waals surface area contributed by atoms with Gasteiger partial charge in [-0.05, 0) is 36.8 Å². The van der Waals surface area contributed by atoms with Gasteiger partial charge < -0.3 is 15.5 Å². The molecule has 0 atom stereocenters. The molecule has 178 valence electrons. The number of amides is 3. The summed E-state index contributed by atoms with van der Waals surface area (Å²) in [4.78, 5) is 34.8. The standard InChI is InChI=1S/C21H26F3N7O2/c1-3-26-20(33)29-17-12-14(6-7-27-17)13-30-8-10-31(11-9-30)16-5-4-15(19(32)25-2)28-18(16)21(22,23)24/h4-7,12H,3,8-11,13H2,1-2H3,(H,25,32)(H2,26,27,29,33). The molecule has 1 fully saturated rings. The highest BCUT2D eigenvalue weighted by Crippen LogP contribution is 2.35. The first-order valence-corrected chi connectivity index (χ1v) is 10.5. The number of carbonyl (C=O) groups is 2. The topological polar surface area (TPSA) is 102 Å². The smallest absolute Gasteiger partial charge is 0.367 e. The highest BCUT2D eigenvalue weighted by Gasteiger charge is 2.38. The molecule has 3 rings (SSSR count). The van der Waals surface area contributed by atoms with Crippen LogP contribution in [0.15, 0.2) is 30.5 Å². The minimum Gasteiger partial charge on any atom is -0.367 e. The third-order valence-corrected chi connectivity index (χ3v) is 5.12. The predicted molar refractivity (Wildman–Crippen MR) is 117 cm³/mol. The lowest BCUT2D eigenvalue weighted by molar-refractivity contribution is -0.140. The van der Waals surface area contributed by atoms with E-state index in [1.165, 1.54) is 19.2 Å². The number of nitrogens with zero attached hydrogens (tertiary/aromatic N) is 4. The fourth-order valence-electron chi connectivity index (χ4n) is 3.54. The van der Waals surface area contributed by atoms with Gasteiger partial charge in [0.15, 0.2) is 5.69 Å². The monoisotopic (exact) mass is 465 g/mol. The van der Waals surface area contributed by atoms with Crippen molar-refractivity contribution in [1.29, 1.82) is 0 Å². The zero-order chi connectivity index (χ0) is 24.0. The van der Waals surface area contributed by atoms with E-state index < -0.39 is 17.8 Å². The summed E-state index contributed by atoms with van der Waals surface area (Å²) in [5.74, 6) is -0.246. The molecule has 9 nitrogen and oxygen atoms in total. The van der Waals surface area contributed by atoms with Gasteiger partial charge in [-0.3, -0.25) is 15.0 Å². The van der Waals surface area contributed by atoms with Crippen LogP contribution in [-0.4, -0.2) is 66.6 Å². The van der Waals surface area contributed by atoms with Crippen molar-refractivity contribution in [3.63, 3.8) is 0 Å². The van der Waals surface area contributed by atoms with Crippen LogP contribution in [0.2, 0.25) is 0 Å². The molecular formula is C21H26F3N7O2. The van der Waals surface area contributed by atoms with E-state index in [0.717, 1.165) is 5.56 Å². The number of anilines is 2. The minimum atomic E-state index is -4.68. The van der Waals surface area contributed by atoms with Gasteiger partial charge in [-0.25, -0.2) is 14.8 Å². The second-order valence-electron chi connectivity index (χ2n) is 7.44. The van der Waals surface area contributed by atoms with Gasteiger partial charge >= 0.3 is 12.2 Å². The molecule has 33 heavy (non-hydrogen) atoms. The van der Waals surface area contributed by atoms with Gasteiger partial charge in [0.2, 0.25) is 0 Å². The second-order valence-corrected chi connectivity index (χ2v) is 7.44. The average molecular weight is 465 g/mol. The highest BCUT2D eigenvalue weighted by molar-refractivity contribution is 5.92. The number of piperazine rings is 1. The molecule has 3 heterocycles. The molecule has 1 saturated heterocycles. The summed E-state index contributed by atoms with van der Waals surface area (Å²) < 4.78 is 40.9. The van der Waals surface area contributed by atoms with Crippen molar-refractivity contribution in [2.24, 2.45) is 0 Å². The lowest BCUT2D eigenvalue weighted by atomic mass is 10.1. The molecule has 0 aliphatic carbocycles. The average Bonchev–Trinajstić information content (AvgIpc) is 2.78. The molecule has 0 bridgehead atoms. The molecule has 0 unspecified atom stereocenters. The van der Waals surface area contributed by atoms with Crippen molar-refractivity contribution in [3.8, 4) is 0 Å². The first-order chi connectivity index (χ1) is 15.7. The number of halogens is 3. The first kappa shape index (κ1) is 24.2. The van der Waals surface area contributed by atoms with Gasteiger partial charge in [0.1, 0.15) is 11.5 Å². The van der Waals surface area contributed by atoms with Crippen LogP contribution >= 0.6 is 0 Å². The number of urea groups is 1. The van der Waals surface area contributed by atoms with E-state index in [0.29, 0.717) is 45.1 Å². The lowest BCUT2D eigenvalue weighted by Crippen LogP contribution is -2.46. The summed E-state index contributed by atoms with van der Waals surface area (Å²) in [6, 6.07) is 5.87. The van der Waals surface area contributed by atoms with E-state index in [-0.39, 0.29) is 17.4 Å². The van der Waals surface area contributed by atoms with E-state index in [1.54, 1.807) is 17.2 Å². The minimum absolute atomic E-state index is 0.0351. The van der Waals surface area contributed by atoms with Crippen LogP contribution in [0.4, 0.5) is 29.5 Å². The van der Waals surface area contributed by atoms with E-state index in [1.807, 2.05) is 13.0 Å². The molecule has 0 radical (unpaired) electrons. The predicted octanol–water partition coefficient (Wildman–Crippen LogP) is 2.32. The number of aromatic nitrogens is 2. The molecular weight excluding hydrogens is 439 g/mol. The van der Waals surface area contributed by atoms with Crippen LogP contribution in [0.25, 0.3) is 0 Å². The Hall–Kier alpha value is -3.41. The number of hydrogen-bond donors (Lipinski definition) is 3. The maximum absolute atomic E-state index is 13.6. The summed E-state index contributed by atoms with van der Waals surface area (Å²) >= 11 is 0. The van der Waals surface area contributed by atoms with Crippen molar-refractivity contribution in [1.82, 2.24) is 25.5 Å². The van der Waals surface area contributed by atoms with Crippen molar-refractivity contribution in [2.45, 2.75) is 19.6 Å². The van der Waals surface area contributed by atoms with Crippen LogP contribution in [0.1, 0.15) is 28.7 Å². The Morgan fingerprint density at radius 1 is 1.12 bits per heavy atom. The third kappa shape index (κ3) is 6.31. The summed E-state index contributed by atoms with van der Waals surface area (Å²) in [7, 11) is 1.34. The summed E-state index contributed by atoms with van der Waals surface area (Å²) in [5.41, 5.74) is -0.445. The lowest BCUT2D eigenvalue weighted by Gasteiger charge is -2.37. The maximum atomic E-state index is 13.6. The zero-order valence-electron chi connectivity index (χ0n) is 18.4. The number of rotatable bonds is 6. The van der Waals surface area contributed by atoms with Crippen molar-refractivity contribution in [3.05, 3.63) is 47.4 Å². The van der Waals surface area contributed by atoms with Gasteiger partial charge in [-0.15, -0.1) is 0 Å². The molecule has 2 aromatic heterocycles. The SMILES string of the molecule is CCNC(=O)Nc1cc(CN2CCN(c3ccc(C(=O)NC)nc3C(F)(F)F)CC2)ccn1. The Morgan fingerprint density at radius 3 is 2.48 bits per heavy atom. The van der Waals surface area contributed by atoms with Gasteiger partial charge in [-0.2, -0.15) is 13.2 Å². The number of nitrogens with one attached hydrogen (secondary N) is 3. The zero-order valence-corrected chi connectivity index (χ0v) is 18.4. The largest absolute Gasteiger partial charge is 0.435 e. The van der Waals surface area contributed by atoms with Gasteiger partial charge in [-0.1, -0.05) is 0 Å². The van der Waals surface area contributed by atoms with Crippen molar-refractivity contribution in [2.75, 3.05) is 50.0 Å². The molecule has 0 saturated carbocycles. The summed E-state index contributed by atoms with van der Waals surface area (Å²) in [5, 5.41) is 7.57. The molecule has 12 heteroatoms. The number of hydrogen-bond acceptors (Lipinski definition) is 6. The number of alkyl halides is 3. The number of carbonyl (C=O) groups excluding carboxylic acids is 2. The summed E-state index contributed by atoms with van der Waals surface area (Å²) in [6.07, 6.45) is -3.08. The molecule has 1 aliphatic rings. The van der Waals surface area contributed by atoms with Crippen LogP contribution in [0.3, 0.4) is 0 Å². The Balaban J connectivity index is 1.66. The molecule has 1 aliphatic heterocycles. The second kappa shape index (κ2) is 10.5. The van der Waals surface area contributed by atoms with E-state index in [2.05, 4.69) is 30.8 Å². The maximum Gasteiger partial charge on any atom is 0.435 e. The van der Waals surface area contributed by atoms with Gasteiger partial charge in [0, 0.05) is 52.5 Å². The van der Waals surface area contributed by atoms with Crippen molar-refractivity contribution < 1.29 is 22.8 Å². The Labute approximate surface area is 189 Å². The molecule has 3 N–H and O–H groups in total. The fourth-order valence-corrected chi connectivity index (χ4v) is 3.54. The Morgan fingerprint density at radius 2 is 1.85 bits per heavy atom. The highest BCUT2D eigenvalue weighted by atomic mass is 19.4. The fraction of sp³-hybridized carbons (Fsp3) is 0.429. The van der Waals surface area contributed by atoms with Gasteiger partial charge in [0.25, 0.3) is 5.91 Å². The van der Waals surface area contributed by atoms with Crippen LogP contribution in [0.5, 0.6) is 0 Å². The summed E-state index contributed by atoms with van der Waals surface area (Å²) in [6.45, 7) is 4.70.